The average Bonchev–Trinajstić information content (AvgIpc) is 2.26. The van der Waals surface area contributed by atoms with Gasteiger partial charge in [-0.2, -0.15) is 4.99 Å². The first-order valence-corrected chi connectivity index (χ1v) is 6.04. The highest BCUT2D eigenvalue weighted by Gasteiger charge is 2.16. The molecule has 1 aromatic carbocycles. The van der Waals surface area contributed by atoms with E-state index in [9.17, 15) is 4.79 Å². The zero-order chi connectivity index (χ0) is 14.6. The number of hydrogen-bond acceptors (Lipinski definition) is 3. The summed E-state index contributed by atoms with van der Waals surface area (Å²) in [5.41, 5.74) is 6.94. The molecule has 1 aromatic rings. The van der Waals surface area contributed by atoms with Crippen LogP contribution in [0.3, 0.4) is 0 Å². The summed E-state index contributed by atoms with van der Waals surface area (Å²) in [6.07, 6.45) is -0.679. The van der Waals surface area contributed by atoms with Crippen LogP contribution in [0, 0.1) is 0 Å². The summed E-state index contributed by atoms with van der Waals surface area (Å²) in [5, 5.41) is 0. The molecule has 0 saturated heterocycles. The first-order valence-electron chi connectivity index (χ1n) is 6.04. The quantitative estimate of drug-likeness (QED) is 0.657. The topological polar surface area (TPSA) is 67.9 Å². The SMILES string of the molecule is CN(C)c1ccc(/C(N)=N/C(=O)OC(C)(C)C)cc1. The molecule has 1 rings (SSSR count). The minimum atomic E-state index is -0.679. The molecular formula is C14H21N3O2. The second-order valence-corrected chi connectivity index (χ2v) is 5.42. The van der Waals surface area contributed by atoms with E-state index >= 15 is 0 Å². The van der Waals surface area contributed by atoms with Gasteiger partial charge in [-0.05, 0) is 45.0 Å². The number of carbonyl (C=O) groups excluding carboxylic acids is 1. The summed E-state index contributed by atoms with van der Waals surface area (Å²) in [5.74, 6) is 0.152. The molecule has 0 fully saturated rings. The summed E-state index contributed by atoms with van der Waals surface area (Å²) >= 11 is 0. The molecule has 0 aliphatic carbocycles. The summed E-state index contributed by atoms with van der Waals surface area (Å²) in [6.45, 7) is 5.34. The minimum Gasteiger partial charge on any atom is -0.442 e. The molecular weight excluding hydrogens is 242 g/mol. The number of nitrogens with two attached hydrogens (primary N) is 1. The predicted molar refractivity (Wildman–Crippen MR) is 77.7 cm³/mol. The van der Waals surface area contributed by atoms with E-state index in [1.165, 1.54) is 0 Å². The van der Waals surface area contributed by atoms with Crippen molar-refractivity contribution in [2.45, 2.75) is 26.4 Å². The van der Waals surface area contributed by atoms with Crippen LogP contribution in [0.4, 0.5) is 10.5 Å². The predicted octanol–water partition coefficient (Wildman–Crippen LogP) is 2.39. The lowest BCUT2D eigenvalue weighted by Crippen LogP contribution is -2.24. The van der Waals surface area contributed by atoms with Crippen LogP contribution in [0.5, 0.6) is 0 Å². The van der Waals surface area contributed by atoms with Crippen LogP contribution < -0.4 is 10.6 Å². The Morgan fingerprint density at radius 2 is 1.74 bits per heavy atom. The van der Waals surface area contributed by atoms with Gasteiger partial charge in [-0.15, -0.1) is 0 Å². The third-order valence-electron chi connectivity index (χ3n) is 2.28. The Labute approximate surface area is 114 Å². The maximum Gasteiger partial charge on any atom is 0.436 e. The lowest BCUT2D eigenvalue weighted by molar-refractivity contribution is 0.0604. The lowest BCUT2D eigenvalue weighted by atomic mass is 10.2. The first-order chi connectivity index (χ1) is 8.69. The molecule has 0 saturated carbocycles. The molecule has 5 heteroatoms. The summed E-state index contributed by atoms with van der Waals surface area (Å²) in [4.78, 5) is 17.2. The Morgan fingerprint density at radius 3 is 2.16 bits per heavy atom. The van der Waals surface area contributed by atoms with Gasteiger partial charge in [0.2, 0.25) is 0 Å². The fraction of sp³-hybridized carbons (Fsp3) is 0.429. The van der Waals surface area contributed by atoms with E-state index in [1.54, 1.807) is 20.8 Å². The fourth-order valence-electron chi connectivity index (χ4n) is 1.38. The number of aliphatic imine (C=N–C) groups is 1. The molecule has 5 nitrogen and oxygen atoms in total. The van der Waals surface area contributed by atoms with Gasteiger partial charge in [-0.3, -0.25) is 0 Å². The standard InChI is InChI=1S/C14H21N3O2/c1-14(2,3)19-13(18)16-12(15)10-6-8-11(9-7-10)17(4)5/h6-9H,1-5H3,(H2,15,16,18). The van der Waals surface area contributed by atoms with E-state index in [-0.39, 0.29) is 5.84 Å². The van der Waals surface area contributed by atoms with Gasteiger partial charge in [0, 0.05) is 25.3 Å². The van der Waals surface area contributed by atoms with Crippen LogP contribution >= 0.6 is 0 Å². The molecule has 0 radical (unpaired) electrons. The monoisotopic (exact) mass is 263 g/mol. The third kappa shape index (κ3) is 4.99. The molecule has 0 aliphatic rings. The Hall–Kier alpha value is -2.04. The molecule has 0 aromatic heterocycles. The summed E-state index contributed by atoms with van der Waals surface area (Å²) in [6, 6.07) is 7.46. The molecule has 19 heavy (non-hydrogen) atoms. The van der Waals surface area contributed by atoms with E-state index < -0.39 is 11.7 Å². The number of amidine groups is 1. The number of anilines is 1. The van der Waals surface area contributed by atoms with Crippen LogP contribution in [-0.4, -0.2) is 31.6 Å². The van der Waals surface area contributed by atoms with Crippen LogP contribution in [-0.2, 0) is 4.74 Å². The van der Waals surface area contributed by atoms with E-state index in [2.05, 4.69) is 4.99 Å². The Kier molecular flexibility index (Phi) is 4.53. The highest BCUT2D eigenvalue weighted by molar-refractivity contribution is 6.02. The molecule has 1 amide bonds. The molecule has 0 heterocycles. The molecule has 0 spiro atoms. The normalized spacial score (nSPS) is 12.2. The fourth-order valence-corrected chi connectivity index (χ4v) is 1.38. The van der Waals surface area contributed by atoms with Gasteiger partial charge in [0.1, 0.15) is 11.4 Å². The number of benzene rings is 1. The number of nitrogens with zero attached hydrogens (tertiary/aromatic N) is 2. The third-order valence-corrected chi connectivity index (χ3v) is 2.28. The first kappa shape index (κ1) is 15.0. The van der Waals surface area contributed by atoms with Gasteiger partial charge < -0.3 is 15.4 Å². The largest absolute Gasteiger partial charge is 0.442 e. The molecule has 104 valence electrons. The van der Waals surface area contributed by atoms with Crippen molar-refractivity contribution in [1.29, 1.82) is 0 Å². The highest BCUT2D eigenvalue weighted by Crippen LogP contribution is 2.13. The van der Waals surface area contributed by atoms with Crippen LogP contribution in [0.25, 0.3) is 0 Å². The van der Waals surface area contributed by atoms with Crippen molar-refractivity contribution in [2.75, 3.05) is 19.0 Å². The van der Waals surface area contributed by atoms with Gasteiger partial charge in [0.15, 0.2) is 0 Å². The number of rotatable bonds is 2. The molecule has 0 bridgehead atoms. The number of ether oxygens (including phenoxy) is 1. The van der Waals surface area contributed by atoms with Gasteiger partial charge in [0.05, 0.1) is 0 Å². The summed E-state index contributed by atoms with van der Waals surface area (Å²) in [7, 11) is 3.90. The zero-order valence-corrected chi connectivity index (χ0v) is 12.1. The van der Waals surface area contributed by atoms with E-state index in [4.69, 9.17) is 10.5 Å². The van der Waals surface area contributed by atoms with Crippen molar-refractivity contribution in [3.05, 3.63) is 29.8 Å². The van der Waals surface area contributed by atoms with Gasteiger partial charge >= 0.3 is 6.09 Å². The number of amides is 1. The van der Waals surface area contributed by atoms with E-state index in [0.29, 0.717) is 5.56 Å². The maximum atomic E-state index is 11.5. The zero-order valence-electron chi connectivity index (χ0n) is 12.1. The van der Waals surface area contributed by atoms with Crippen molar-refractivity contribution in [1.82, 2.24) is 0 Å². The maximum absolute atomic E-state index is 11.5. The molecule has 2 N–H and O–H groups in total. The van der Waals surface area contributed by atoms with Crippen molar-refractivity contribution >= 4 is 17.6 Å². The van der Waals surface area contributed by atoms with Crippen molar-refractivity contribution in [2.24, 2.45) is 10.7 Å². The molecule has 0 atom stereocenters. The van der Waals surface area contributed by atoms with Crippen molar-refractivity contribution < 1.29 is 9.53 Å². The Bertz CT molecular complexity index is 470. The minimum absolute atomic E-state index is 0.152. The van der Waals surface area contributed by atoms with Crippen molar-refractivity contribution in [3.8, 4) is 0 Å². The molecule has 0 aliphatic heterocycles. The lowest BCUT2D eigenvalue weighted by Gasteiger charge is -2.17. The molecule has 0 unspecified atom stereocenters. The smallest absolute Gasteiger partial charge is 0.436 e. The van der Waals surface area contributed by atoms with Gasteiger partial charge in [-0.1, -0.05) is 0 Å². The Balaban J connectivity index is 2.82. The van der Waals surface area contributed by atoms with E-state index in [0.717, 1.165) is 5.69 Å². The van der Waals surface area contributed by atoms with Crippen molar-refractivity contribution in [3.63, 3.8) is 0 Å². The van der Waals surface area contributed by atoms with Gasteiger partial charge in [0.25, 0.3) is 0 Å². The Morgan fingerprint density at radius 1 is 1.21 bits per heavy atom. The number of carbonyl (C=O) groups is 1. The number of hydrogen-bond donors (Lipinski definition) is 1. The van der Waals surface area contributed by atoms with Crippen LogP contribution in [0.1, 0.15) is 26.3 Å². The van der Waals surface area contributed by atoms with Crippen LogP contribution in [0.15, 0.2) is 29.3 Å². The second-order valence-electron chi connectivity index (χ2n) is 5.42. The van der Waals surface area contributed by atoms with Gasteiger partial charge in [-0.25, -0.2) is 4.79 Å². The van der Waals surface area contributed by atoms with Crippen LogP contribution in [0.2, 0.25) is 0 Å². The summed E-state index contributed by atoms with van der Waals surface area (Å²) < 4.78 is 5.08. The second kappa shape index (κ2) is 5.73. The van der Waals surface area contributed by atoms with E-state index in [1.807, 2.05) is 43.3 Å². The highest BCUT2D eigenvalue weighted by atomic mass is 16.6. The average molecular weight is 263 g/mol.